The van der Waals surface area contributed by atoms with Gasteiger partial charge in [-0.3, -0.25) is 4.79 Å². The van der Waals surface area contributed by atoms with Crippen LogP contribution in [0.3, 0.4) is 0 Å². The highest BCUT2D eigenvalue weighted by molar-refractivity contribution is 9.10. The van der Waals surface area contributed by atoms with E-state index in [-0.39, 0.29) is 4.90 Å². The maximum Gasteiger partial charge on any atom is 0.265 e. The Bertz CT molecular complexity index is 992. The number of benzene rings is 2. The number of amides is 1. The molecule has 7 heteroatoms. The van der Waals surface area contributed by atoms with Gasteiger partial charge in [-0.1, -0.05) is 17.7 Å². The van der Waals surface area contributed by atoms with Gasteiger partial charge in [-0.25, -0.2) is 13.1 Å². The fraction of sp³-hybridized carbons (Fsp3) is 0.0625. The molecule has 0 fully saturated rings. The van der Waals surface area contributed by atoms with E-state index in [0.29, 0.717) is 5.56 Å². The van der Waals surface area contributed by atoms with Crippen molar-refractivity contribution in [3.05, 3.63) is 63.4 Å². The number of carbonyl (C=O) groups excluding carboxylic acids is 1. The van der Waals surface area contributed by atoms with E-state index in [0.717, 1.165) is 20.1 Å². The number of aryl methyl sites for hydroxylation is 1. The Hall–Kier alpha value is -1.70. The Morgan fingerprint density at radius 3 is 2.52 bits per heavy atom. The molecule has 3 rings (SSSR count). The predicted octanol–water partition coefficient (Wildman–Crippen LogP) is 4.09. The third-order valence-electron chi connectivity index (χ3n) is 3.35. The van der Waals surface area contributed by atoms with Crippen LogP contribution in [-0.4, -0.2) is 14.3 Å². The molecular formula is C16H12BrNO3S2. The molecule has 23 heavy (non-hydrogen) atoms. The normalized spacial score (nSPS) is 11.6. The molecule has 1 aromatic heterocycles. The van der Waals surface area contributed by atoms with Crippen LogP contribution in [0.25, 0.3) is 10.1 Å². The average Bonchev–Trinajstić information content (AvgIpc) is 2.88. The van der Waals surface area contributed by atoms with Crippen LogP contribution in [-0.2, 0) is 10.0 Å². The van der Waals surface area contributed by atoms with Gasteiger partial charge in [0.1, 0.15) is 0 Å². The quantitative estimate of drug-likeness (QED) is 0.708. The van der Waals surface area contributed by atoms with E-state index < -0.39 is 15.9 Å². The number of nitrogens with one attached hydrogen (secondary N) is 1. The summed E-state index contributed by atoms with van der Waals surface area (Å²) in [7, 11) is -3.88. The summed E-state index contributed by atoms with van der Waals surface area (Å²) < 4.78 is 28.5. The second-order valence-electron chi connectivity index (χ2n) is 5.04. The van der Waals surface area contributed by atoms with Gasteiger partial charge in [0.25, 0.3) is 15.9 Å². The fourth-order valence-corrected chi connectivity index (χ4v) is 4.61. The van der Waals surface area contributed by atoms with E-state index in [9.17, 15) is 13.2 Å². The van der Waals surface area contributed by atoms with Crippen molar-refractivity contribution < 1.29 is 13.2 Å². The second kappa shape index (κ2) is 6.07. The van der Waals surface area contributed by atoms with Gasteiger partial charge in [-0.05, 0) is 53.2 Å². The maximum atomic E-state index is 12.3. The zero-order valence-corrected chi connectivity index (χ0v) is 15.3. The number of sulfonamides is 1. The SMILES string of the molecule is Cc1ccc(S(=O)(=O)NC(=O)c2ccc3scc(Br)c3c2)cc1. The minimum atomic E-state index is -3.88. The minimum Gasteiger partial charge on any atom is -0.268 e. The van der Waals surface area contributed by atoms with Crippen LogP contribution in [0.1, 0.15) is 15.9 Å². The summed E-state index contributed by atoms with van der Waals surface area (Å²) in [6.45, 7) is 1.86. The molecule has 3 aromatic rings. The van der Waals surface area contributed by atoms with Crippen molar-refractivity contribution >= 4 is 53.3 Å². The molecule has 2 aromatic carbocycles. The molecule has 0 saturated heterocycles. The molecule has 0 saturated carbocycles. The third kappa shape index (κ3) is 3.31. The van der Waals surface area contributed by atoms with Gasteiger partial charge < -0.3 is 0 Å². The van der Waals surface area contributed by atoms with E-state index in [4.69, 9.17) is 0 Å². The van der Waals surface area contributed by atoms with Crippen LogP contribution < -0.4 is 4.72 Å². The smallest absolute Gasteiger partial charge is 0.265 e. The van der Waals surface area contributed by atoms with Crippen LogP contribution in [0.5, 0.6) is 0 Å². The molecule has 0 aliphatic heterocycles. The monoisotopic (exact) mass is 409 g/mol. The summed E-state index contributed by atoms with van der Waals surface area (Å²) in [5, 5.41) is 2.81. The molecular weight excluding hydrogens is 398 g/mol. The lowest BCUT2D eigenvalue weighted by atomic mass is 10.1. The number of hydrogen-bond donors (Lipinski definition) is 1. The lowest BCUT2D eigenvalue weighted by Gasteiger charge is -2.07. The van der Waals surface area contributed by atoms with Crippen molar-refractivity contribution in [3.63, 3.8) is 0 Å². The lowest BCUT2D eigenvalue weighted by molar-refractivity contribution is 0.0981. The Morgan fingerprint density at radius 1 is 1.13 bits per heavy atom. The number of hydrogen-bond acceptors (Lipinski definition) is 4. The summed E-state index contributed by atoms with van der Waals surface area (Å²) in [5.41, 5.74) is 1.25. The molecule has 0 aliphatic carbocycles. The van der Waals surface area contributed by atoms with Gasteiger partial charge in [0.05, 0.1) is 4.90 Å². The molecule has 1 heterocycles. The van der Waals surface area contributed by atoms with Crippen LogP contribution in [0.4, 0.5) is 0 Å². The summed E-state index contributed by atoms with van der Waals surface area (Å²) in [6.07, 6.45) is 0. The van der Waals surface area contributed by atoms with Gasteiger partial charge in [-0.2, -0.15) is 0 Å². The zero-order valence-electron chi connectivity index (χ0n) is 12.0. The highest BCUT2D eigenvalue weighted by Gasteiger charge is 2.19. The number of halogens is 1. The molecule has 0 radical (unpaired) electrons. The number of fused-ring (bicyclic) bond motifs is 1. The molecule has 0 unspecified atom stereocenters. The first-order valence-electron chi connectivity index (χ1n) is 6.67. The topological polar surface area (TPSA) is 63.2 Å². The third-order valence-corrected chi connectivity index (χ3v) is 6.62. The fourth-order valence-electron chi connectivity index (χ4n) is 2.10. The number of thiophene rings is 1. The van der Waals surface area contributed by atoms with Crippen molar-refractivity contribution in [2.24, 2.45) is 0 Å². The molecule has 118 valence electrons. The van der Waals surface area contributed by atoms with Gasteiger partial charge in [-0.15, -0.1) is 11.3 Å². The second-order valence-corrected chi connectivity index (χ2v) is 8.49. The molecule has 4 nitrogen and oxygen atoms in total. The first-order chi connectivity index (χ1) is 10.9. The first kappa shape index (κ1) is 16.2. The molecule has 0 spiro atoms. The van der Waals surface area contributed by atoms with Crippen molar-refractivity contribution in [1.29, 1.82) is 0 Å². The van der Waals surface area contributed by atoms with Gasteiger partial charge >= 0.3 is 0 Å². The summed E-state index contributed by atoms with van der Waals surface area (Å²) >= 11 is 4.96. The highest BCUT2D eigenvalue weighted by atomic mass is 79.9. The molecule has 1 amide bonds. The minimum absolute atomic E-state index is 0.0641. The Morgan fingerprint density at radius 2 is 1.83 bits per heavy atom. The first-order valence-corrected chi connectivity index (χ1v) is 9.83. The Balaban J connectivity index is 1.90. The molecule has 1 N–H and O–H groups in total. The van der Waals surface area contributed by atoms with Crippen molar-refractivity contribution in [1.82, 2.24) is 4.72 Å². The standard InChI is InChI=1S/C16H12BrNO3S2/c1-10-2-5-12(6-3-10)23(20,21)18-16(19)11-4-7-15-13(8-11)14(17)9-22-15/h2-9H,1H3,(H,18,19). The van der Waals surface area contributed by atoms with E-state index in [1.165, 1.54) is 12.1 Å². The van der Waals surface area contributed by atoms with Crippen molar-refractivity contribution in [2.75, 3.05) is 0 Å². The lowest BCUT2D eigenvalue weighted by Crippen LogP contribution is -2.30. The number of carbonyl (C=O) groups is 1. The van der Waals surface area contributed by atoms with Gasteiger partial charge in [0.2, 0.25) is 0 Å². The molecule has 0 atom stereocenters. The predicted molar refractivity (Wildman–Crippen MR) is 95.4 cm³/mol. The maximum absolute atomic E-state index is 12.3. The summed E-state index contributed by atoms with van der Waals surface area (Å²) in [4.78, 5) is 12.3. The van der Waals surface area contributed by atoms with Crippen LogP contribution >= 0.6 is 27.3 Å². The Kier molecular flexibility index (Phi) is 4.27. The van der Waals surface area contributed by atoms with Crippen molar-refractivity contribution in [2.45, 2.75) is 11.8 Å². The van der Waals surface area contributed by atoms with Crippen LogP contribution in [0.15, 0.2) is 57.2 Å². The molecule has 0 bridgehead atoms. The Labute approximate surface area is 146 Å². The van der Waals surface area contributed by atoms with E-state index in [1.807, 2.05) is 12.3 Å². The van der Waals surface area contributed by atoms with Crippen molar-refractivity contribution in [3.8, 4) is 0 Å². The van der Waals surface area contributed by atoms with E-state index >= 15 is 0 Å². The summed E-state index contributed by atoms with van der Waals surface area (Å²) in [5.74, 6) is -0.648. The molecule has 0 aliphatic rings. The zero-order chi connectivity index (χ0) is 16.6. The summed E-state index contributed by atoms with van der Waals surface area (Å²) in [6, 6.07) is 11.4. The largest absolute Gasteiger partial charge is 0.268 e. The van der Waals surface area contributed by atoms with Gasteiger partial charge in [0, 0.05) is 25.5 Å². The average molecular weight is 410 g/mol. The number of rotatable bonds is 3. The van der Waals surface area contributed by atoms with E-state index in [2.05, 4.69) is 20.7 Å². The van der Waals surface area contributed by atoms with E-state index in [1.54, 1.807) is 41.7 Å². The van der Waals surface area contributed by atoms with Gasteiger partial charge in [0.15, 0.2) is 0 Å². The highest BCUT2D eigenvalue weighted by Crippen LogP contribution is 2.30. The van der Waals surface area contributed by atoms with Crippen LogP contribution in [0.2, 0.25) is 0 Å². The van der Waals surface area contributed by atoms with Crippen LogP contribution in [0, 0.1) is 6.92 Å².